The van der Waals surface area contributed by atoms with E-state index >= 15 is 0 Å². The Bertz CT molecular complexity index is 1230. The van der Waals surface area contributed by atoms with Crippen LogP contribution in [0.5, 0.6) is 5.75 Å². The molecule has 0 saturated carbocycles. The van der Waals surface area contributed by atoms with Crippen LogP contribution in [0.15, 0.2) is 65.8 Å². The molecule has 2 N–H and O–H groups in total. The standard InChI is InChI=1S/C24H27N3O4S/c1-16-7-6-8-21(22(16)32(29,30)27-24(2,3)4)17-13-18(15-25-14-17)23(28)26-19-9-11-20(31-5)12-10-19/h6-15,27H,1-5H3,(H,26,28). The Morgan fingerprint density at radius 2 is 1.72 bits per heavy atom. The molecule has 3 aromatic rings. The first-order valence-corrected chi connectivity index (χ1v) is 11.5. The Balaban J connectivity index is 1.97. The number of amides is 1. The van der Waals surface area contributed by atoms with Gasteiger partial charge in [0, 0.05) is 34.7 Å². The number of rotatable bonds is 6. The van der Waals surface area contributed by atoms with Crippen molar-refractivity contribution in [2.75, 3.05) is 12.4 Å². The number of carbonyl (C=O) groups excluding carboxylic acids is 1. The largest absolute Gasteiger partial charge is 0.497 e. The van der Waals surface area contributed by atoms with E-state index in [1.165, 1.54) is 6.20 Å². The van der Waals surface area contributed by atoms with Gasteiger partial charge in [0.15, 0.2) is 0 Å². The van der Waals surface area contributed by atoms with Crippen LogP contribution in [-0.2, 0) is 10.0 Å². The average Bonchev–Trinajstić information content (AvgIpc) is 2.72. The van der Waals surface area contributed by atoms with E-state index in [0.29, 0.717) is 33.7 Å². The molecule has 0 atom stereocenters. The molecule has 0 radical (unpaired) electrons. The first kappa shape index (κ1) is 23.4. The van der Waals surface area contributed by atoms with E-state index in [9.17, 15) is 13.2 Å². The Hall–Kier alpha value is -3.23. The molecule has 32 heavy (non-hydrogen) atoms. The van der Waals surface area contributed by atoms with E-state index in [0.717, 1.165) is 0 Å². The Labute approximate surface area is 188 Å². The SMILES string of the molecule is COc1ccc(NC(=O)c2cncc(-c3cccc(C)c3S(=O)(=O)NC(C)(C)C)c2)cc1. The van der Waals surface area contributed by atoms with Gasteiger partial charge in [0.25, 0.3) is 5.91 Å². The van der Waals surface area contributed by atoms with Gasteiger partial charge in [0.1, 0.15) is 5.75 Å². The molecular formula is C24H27N3O4S. The number of nitrogens with zero attached hydrogens (tertiary/aromatic N) is 1. The molecule has 0 fully saturated rings. The van der Waals surface area contributed by atoms with Gasteiger partial charge in [-0.15, -0.1) is 0 Å². The number of hydrogen-bond acceptors (Lipinski definition) is 5. The summed E-state index contributed by atoms with van der Waals surface area (Å²) < 4.78 is 34.1. The van der Waals surface area contributed by atoms with Crippen molar-refractivity contribution in [3.8, 4) is 16.9 Å². The van der Waals surface area contributed by atoms with Crippen LogP contribution in [0.4, 0.5) is 5.69 Å². The number of ether oxygens (including phenoxy) is 1. The van der Waals surface area contributed by atoms with Crippen molar-refractivity contribution in [3.05, 3.63) is 72.1 Å². The van der Waals surface area contributed by atoms with E-state index in [4.69, 9.17) is 4.74 Å². The van der Waals surface area contributed by atoms with Crippen molar-refractivity contribution in [2.24, 2.45) is 0 Å². The average molecular weight is 454 g/mol. The second-order valence-electron chi connectivity index (χ2n) is 8.45. The summed E-state index contributed by atoms with van der Waals surface area (Å²) in [5, 5.41) is 2.81. The molecule has 7 nitrogen and oxygen atoms in total. The van der Waals surface area contributed by atoms with Gasteiger partial charge >= 0.3 is 0 Å². The Kier molecular flexibility index (Phi) is 6.66. The number of sulfonamides is 1. The molecule has 0 spiro atoms. The van der Waals surface area contributed by atoms with Gasteiger partial charge in [0.05, 0.1) is 17.6 Å². The fraction of sp³-hybridized carbons (Fsp3) is 0.250. The molecule has 1 aromatic heterocycles. The normalized spacial score (nSPS) is 11.8. The molecular weight excluding hydrogens is 426 g/mol. The summed E-state index contributed by atoms with van der Waals surface area (Å²) in [6.07, 6.45) is 2.99. The number of methoxy groups -OCH3 is 1. The second-order valence-corrected chi connectivity index (χ2v) is 10.1. The van der Waals surface area contributed by atoms with Gasteiger partial charge < -0.3 is 10.1 Å². The third-order valence-electron chi connectivity index (χ3n) is 4.58. The molecule has 8 heteroatoms. The molecule has 0 saturated heterocycles. The number of carbonyl (C=O) groups is 1. The van der Waals surface area contributed by atoms with Gasteiger partial charge in [-0.1, -0.05) is 18.2 Å². The van der Waals surface area contributed by atoms with Gasteiger partial charge in [-0.2, -0.15) is 0 Å². The van der Waals surface area contributed by atoms with Crippen molar-refractivity contribution in [1.29, 1.82) is 0 Å². The maximum atomic E-state index is 13.2. The molecule has 3 rings (SSSR count). The minimum Gasteiger partial charge on any atom is -0.497 e. The van der Waals surface area contributed by atoms with Crippen molar-refractivity contribution in [1.82, 2.24) is 9.71 Å². The number of aromatic nitrogens is 1. The third-order valence-corrected chi connectivity index (χ3v) is 6.54. The lowest BCUT2D eigenvalue weighted by molar-refractivity contribution is 0.102. The second kappa shape index (κ2) is 9.10. The predicted octanol–water partition coefficient (Wildman–Crippen LogP) is 4.39. The van der Waals surface area contributed by atoms with Crippen molar-refractivity contribution in [2.45, 2.75) is 38.1 Å². The maximum Gasteiger partial charge on any atom is 0.257 e. The Morgan fingerprint density at radius 3 is 2.34 bits per heavy atom. The van der Waals surface area contributed by atoms with Crippen LogP contribution in [0, 0.1) is 6.92 Å². The molecule has 0 bridgehead atoms. The van der Waals surface area contributed by atoms with Crippen LogP contribution in [0.1, 0.15) is 36.7 Å². The van der Waals surface area contributed by atoms with Crippen LogP contribution < -0.4 is 14.8 Å². The minimum absolute atomic E-state index is 0.171. The van der Waals surface area contributed by atoms with Crippen LogP contribution in [0.3, 0.4) is 0 Å². The number of benzene rings is 2. The summed E-state index contributed by atoms with van der Waals surface area (Å²) in [6.45, 7) is 7.10. The number of hydrogen-bond donors (Lipinski definition) is 2. The molecule has 0 aliphatic carbocycles. The first-order valence-electron chi connectivity index (χ1n) is 10.0. The lowest BCUT2D eigenvalue weighted by Gasteiger charge is -2.22. The van der Waals surface area contributed by atoms with E-state index in [1.54, 1.807) is 89.5 Å². The monoisotopic (exact) mass is 453 g/mol. The third kappa shape index (κ3) is 5.52. The van der Waals surface area contributed by atoms with E-state index in [1.807, 2.05) is 0 Å². The summed E-state index contributed by atoms with van der Waals surface area (Å²) in [6, 6.07) is 13.8. The zero-order chi connectivity index (χ0) is 23.5. The lowest BCUT2D eigenvalue weighted by Crippen LogP contribution is -2.40. The fourth-order valence-electron chi connectivity index (χ4n) is 3.28. The van der Waals surface area contributed by atoms with Gasteiger partial charge in [-0.3, -0.25) is 9.78 Å². The highest BCUT2D eigenvalue weighted by Crippen LogP contribution is 2.31. The number of nitrogens with one attached hydrogen (secondary N) is 2. The first-order chi connectivity index (χ1) is 15.0. The van der Waals surface area contributed by atoms with E-state index in [2.05, 4.69) is 15.0 Å². The van der Waals surface area contributed by atoms with E-state index in [-0.39, 0.29) is 10.8 Å². The molecule has 0 aliphatic rings. The molecule has 0 aliphatic heterocycles. The minimum atomic E-state index is -3.81. The van der Waals surface area contributed by atoms with Crippen LogP contribution in [-0.4, -0.2) is 32.0 Å². The molecule has 1 heterocycles. The summed E-state index contributed by atoms with van der Waals surface area (Å²) in [5.74, 6) is 0.332. The van der Waals surface area contributed by atoms with Gasteiger partial charge in [0.2, 0.25) is 10.0 Å². The summed E-state index contributed by atoms with van der Waals surface area (Å²) >= 11 is 0. The summed E-state index contributed by atoms with van der Waals surface area (Å²) in [4.78, 5) is 17.1. The highest BCUT2D eigenvalue weighted by atomic mass is 32.2. The number of pyridine rings is 1. The van der Waals surface area contributed by atoms with Crippen molar-refractivity contribution < 1.29 is 17.9 Å². The van der Waals surface area contributed by atoms with Crippen molar-refractivity contribution in [3.63, 3.8) is 0 Å². The predicted molar refractivity (Wildman–Crippen MR) is 125 cm³/mol. The number of anilines is 1. The molecule has 1 amide bonds. The van der Waals surface area contributed by atoms with E-state index < -0.39 is 15.6 Å². The zero-order valence-electron chi connectivity index (χ0n) is 18.8. The molecule has 168 valence electrons. The van der Waals surface area contributed by atoms with Gasteiger partial charge in [-0.05, 0) is 63.6 Å². The topological polar surface area (TPSA) is 97.4 Å². The lowest BCUT2D eigenvalue weighted by atomic mass is 10.0. The van der Waals surface area contributed by atoms with Gasteiger partial charge in [-0.25, -0.2) is 13.1 Å². The molecule has 2 aromatic carbocycles. The smallest absolute Gasteiger partial charge is 0.257 e. The maximum absolute atomic E-state index is 13.2. The summed E-state index contributed by atoms with van der Waals surface area (Å²) in [5.41, 5.74) is 1.89. The highest BCUT2D eigenvalue weighted by molar-refractivity contribution is 7.89. The van der Waals surface area contributed by atoms with Crippen LogP contribution in [0.2, 0.25) is 0 Å². The quantitative estimate of drug-likeness (QED) is 0.577. The van der Waals surface area contributed by atoms with Crippen molar-refractivity contribution >= 4 is 21.6 Å². The van der Waals surface area contributed by atoms with Crippen LogP contribution in [0.25, 0.3) is 11.1 Å². The van der Waals surface area contributed by atoms with Crippen LogP contribution >= 0.6 is 0 Å². The molecule has 0 unspecified atom stereocenters. The number of aryl methyl sites for hydroxylation is 1. The fourth-order valence-corrected chi connectivity index (χ4v) is 5.16. The summed E-state index contributed by atoms with van der Waals surface area (Å²) in [7, 11) is -2.23. The zero-order valence-corrected chi connectivity index (χ0v) is 19.6. The Morgan fingerprint density at radius 1 is 1.03 bits per heavy atom. The highest BCUT2D eigenvalue weighted by Gasteiger charge is 2.27.